The molecule has 0 aromatic heterocycles. The molecule has 0 spiro atoms. The van der Waals surface area contributed by atoms with Gasteiger partial charge < -0.3 is 9.47 Å². The SMILES string of the molecule is CCOC(=O)CN(c1cc([N+](=O)[O-])ccc1OC)S(=O)(=O)c1ccc(Br)cc1. The number of rotatable bonds is 8. The van der Waals surface area contributed by atoms with Crippen LogP contribution in [0.25, 0.3) is 0 Å². The second kappa shape index (κ2) is 9.02. The van der Waals surface area contributed by atoms with Crippen LogP contribution in [0.15, 0.2) is 51.8 Å². The van der Waals surface area contributed by atoms with E-state index in [1.165, 1.54) is 43.5 Å². The highest BCUT2D eigenvalue weighted by molar-refractivity contribution is 9.10. The summed E-state index contributed by atoms with van der Waals surface area (Å²) in [5, 5.41) is 11.2. The number of carbonyl (C=O) groups is 1. The summed E-state index contributed by atoms with van der Waals surface area (Å²) in [6.45, 7) is 0.959. The molecule has 0 radical (unpaired) electrons. The summed E-state index contributed by atoms with van der Waals surface area (Å²) < 4.78 is 37.9. The number of nitrogens with zero attached hydrogens (tertiary/aromatic N) is 2. The second-order valence-electron chi connectivity index (χ2n) is 5.38. The van der Waals surface area contributed by atoms with E-state index in [-0.39, 0.29) is 28.6 Å². The molecule has 0 saturated carbocycles. The fourth-order valence-corrected chi connectivity index (χ4v) is 4.02. The van der Waals surface area contributed by atoms with Crippen LogP contribution in [0, 0.1) is 10.1 Å². The van der Waals surface area contributed by atoms with Crippen molar-refractivity contribution in [2.24, 2.45) is 0 Å². The number of methoxy groups -OCH3 is 1. The van der Waals surface area contributed by atoms with Crippen molar-refractivity contribution < 1.29 is 27.6 Å². The van der Waals surface area contributed by atoms with E-state index in [2.05, 4.69) is 15.9 Å². The van der Waals surface area contributed by atoms with Gasteiger partial charge in [0, 0.05) is 16.6 Å². The first-order valence-corrected chi connectivity index (χ1v) is 10.2. The fourth-order valence-electron chi connectivity index (χ4n) is 2.34. The molecule has 2 aromatic carbocycles. The number of anilines is 1. The summed E-state index contributed by atoms with van der Waals surface area (Å²) in [7, 11) is -2.96. The molecule has 11 heteroatoms. The molecule has 2 rings (SSSR count). The number of hydrogen-bond donors (Lipinski definition) is 0. The van der Waals surface area contributed by atoms with Crippen molar-refractivity contribution in [2.45, 2.75) is 11.8 Å². The Kier molecular flexibility index (Phi) is 6.97. The van der Waals surface area contributed by atoms with Crippen LogP contribution in [0.2, 0.25) is 0 Å². The lowest BCUT2D eigenvalue weighted by Crippen LogP contribution is -2.37. The van der Waals surface area contributed by atoms with Crippen LogP contribution in [0.4, 0.5) is 11.4 Å². The number of ether oxygens (including phenoxy) is 2. The van der Waals surface area contributed by atoms with Crippen molar-refractivity contribution in [1.29, 1.82) is 0 Å². The molecule has 0 N–H and O–H groups in total. The summed E-state index contributed by atoms with van der Waals surface area (Å²) in [5.74, 6) is -0.757. The third kappa shape index (κ3) is 4.78. The summed E-state index contributed by atoms with van der Waals surface area (Å²) in [5.41, 5.74) is -0.497. The minimum absolute atomic E-state index is 0.0515. The topological polar surface area (TPSA) is 116 Å². The molecule has 0 fully saturated rings. The number of esters is 1. The lowest BCUT2D eigenvalue weighted by molar-refractivity contribution is -0.384. The molecule has 150 valence electrons. The number of carbonyl (C=O) groups excluding carboxylic acids is 1. The van der Waals surface area contributed by atoms with Crippen LogP contribution in [-0.4, -0.2) is 39.6 Å². The van der Waals surface area contributed by atoms with Gasteiger partial charge in [0.15, 0.2) is 0 Å². The molecule has 0 aliphatic heterocycles. The van der Waals surface area contributed by atoms with Gasteiger partial charge in [-0.1, -0.05) is 15.9 Å². The van der Waals surface area contributed by atoms with Crippen molar-refractivity contribution in [3.63, 3.8) is 0 Å². The number of benzene rings is 2. The van der Waals surface area contributed by atoms with Crippen molar-refractivity contribution >= 4 is 43.3 Å². The second-order valence-corrected chi connectivity index (χ2v) is 8.16. The lowest BCUT2D eigenvalue weighted by Gasteiger charge is -2.25. The predicted molar refractivity (Wildman–Crippen MR) is 105 cm³/mol. The number of hydrogen-bond acceptors (Lipinski definition) is 7. The van der Waals surface area contributed by atoms with Crippen molar-refractivity contribution in [1.82, 2.24) is 0 Å². The number of sulfonamides is 1. The summed E-state index contributed by atoms with van der Waals surface area (Å²) in [6.07, 6.45) is 0. The molecule has 0 saturated heterocycles. The van der Waals surface area contributed by atoms with Crippen molar-refractivity contribution in [3.05, 3.63) is 57.1 Å². The number of nitro groups is 1. The van der Waals surface area contributed by atoms with E-state index in [0.717, 1.165) is 10.4 Å². The van der Waals surface area contributed by atoms with Crippen LogP contribution in [0.3, 0.4) is 0 Å². The molecule has 0 aliphatic rings. The molecule has 0 amide bonds. The minimum Gasteiger partial charge on any atom is -0.495 e. The molecule has 28 heavy (non-hydrogen) atoms. The van der Waals surface area contributed by atoms with E-state index in [9.17, 15) is 23.3 Å². The largest absolute Gasteiger partial charge is 0.495 e. The molecule has 0 bridgehead atoms. The van der Waals surface area contributed by atoms with E-state index in [1.54, 1.807) is 6.92 Å². The van der Waals surface area contributed by atoms with E-state index >= 15 is 0 Å². The Morgan fingerprint density at radius 3 is 2.39 bits per heavy atom. The van der Waals surface area contributed by atoms with Crippen LogP contribution in [0.5, 0.6) is 5.75 Å². The predicted octanol–water partition coefficient (Wildman–Crippen LogP) is 3.12. The van der Waals surface area contributed by atoms with E-state index in [4.69, 9.17) is 9.47 Å². The van der Waals surface area contributed by atoms with Crippen LogP contribution >= 0.6 is 15.9 Å². The molecule has 0 aliphatic carbocycles. The van der Waals surface area contributed by atoms with Crippen molar-refractivity contribution in [2.75, 3.05) is 24.6 Å². The Morgan fingerprint density at radius 2 is 1.86 bits per heavy atom. The maximum Gasteiger partial charge on any atom is 0.326 e. The van der Waals surface area contributed by atoms with E-state index in [0.29, 0.717) is 4.47 Å². The summed E-state index contributed by atoms with van der Waals surface area (Å²) in [6, 6.07) is 9.23. The van der Waals surface area contributed by atoms with Crippen molar-refractivity contribution in [3.8, 4) is 5.75 Å². The first kappa shape index (κ1) is 21.6. The normalized spacial score (nSPS) is 11.0. The highest BCUT2D eigenvalue weighted by Gasteiger charge is 2.31. The Hall–Kier alpha value is -2.66. The molecule has 0 atom stereocenters. The van der Waals surface area contributed by atoms with Gasteiger partial charge in [-0.15, -0.1) is 0 Å². The maximum absolute atomic E-state index is 13.2. The average molecular weight is 473 g/mol. The molecular weight excluding hydrogens is 456 g/mol. The Bertz CT molecular complexity index is 978. The first-order valence-electron chi connectivity index (χ1n) is 7.97. The lowest BCUT2D eigenvalue weighted by atomic mass is 10.2. The zero-order chi connectivity index (χ0) is 20.9. The Labute approximate surface area is 170 Å². The number of non-ortho nitro benzene ring substituents is 1. The standard InChI is InChI=1S/C17H17BrN2O7S/c1-3-27-17(21)11-19(28(24,25)14-7-4-12(18)5-8-14)15-10-13(20(22)23)6-9-16(15)26-2/h4-10H,3,11H2,1-2H3. The zero-order valence-electron chi connectivity index (χ0n) is 15.0. The summed E-state index contributed by atoms with van der Waals surface area (Å²) in [4.78, 5) is 22.5. The van der Waals surface area contributed by atoms with Crippen LogP contribution < -0.4 is 9.04 Å². The third-order valence-electron chi connectivity index (χ3n) is 3.62. The minimum atomic E-state index is -4.25. The van der Waals surface area contributed by atoms with Gasteiger partial charge in [0.1, 0.15) is 18.0 Å². The van der Waals surface area contributed by atoms with E-state index in [1.807, 2.05) is 0 Å². The van der Waals surface area contributed by atoms with Gasteiger partial charge in [-0.2, -0.15) is 0 Å². The molecule has 0 heterocycles. The van der Waals surface area contributed by atoms with Gasteiger partial charge in [0.05, 0.1) is 23.5 Å². The maximum atomic E-state index is 13.2. The fraction of sp³-hybridized carbons (Fsp3) is 0.235. The van der Waals surface area contributed by atoms with Crippen LogP contribution in [-0.2, 0) is 19.6 Å². The summed E-state index contributed by atoms with van der Waals surface area (Å²) >= 11 is 3.23. The molecule has 9 nitrogen and oxygen atoms in total. The zero-order valence-corrected chi connectivity index (χ0v) is 17.4. The van der Waals surface area contributed by atoms with Crippen LogP contribution in [0.1, 0.15) is 6.92 Å². The monoisotopic (exact) mass is 472 g/mol. The Balaban J connectivity index is 2.66. The quantitative estimate of drug-likeness (QED) is 0.329. The van der Waals surface area contributed by atoms with Gasteiger partial charge in [0.25, 0.3) is 15.7 Å². The molecule has 2 aromatic rings. The molecular formula is C17H17BrN2O7S. The van der Waals surface area contributed by atoms with Gasteiger partial charge in [0.2, 0.25) is 0 Å². The van der Waals surface area contributed by atoms with Gasteiger partial charge in [-0.25, -0.2) is 8.42 Å². The Morgan fingerprint density at radius 1 is 1.21 bits per heavy atom. The number of nitro benzene ring substituents is 1. The highest BCUT2D eigenvalue weighted by atomic mass is 79.9. The average Bonchev–Trinajstić information content (AvgIpc) is 2.66. The number of halogens is 1. The third-order valence-corrected chi connectivity index (χ3v) is 5.92. The van der Waals surface area contributed by atoms with Gasteiger partial charge in [-0.3, -0.25) is 19.2 Å². The molecule has 0 unspecified atom stereocenters. The van der Waals surface area contributed by atoms with E-state index < -0.39 is 27.5 Å². The van der Waals surface area contributed by atoms with Gasteiger partial charge >= 0.3 is 5.97 Å². The highest BCUT2D eigenvalue weighted by Crippen LogP contribution is 2.35. The van der Waals surface area contributed by atoms with Gasteiger partial charge in [-0.05, 0) is 37.3 Å². The first-order chi connectivity index (χ1) is 13.2. The smallest absolute Gasteiger partial charge is 0.326 e.